The van der Waals surface area contributed by atoms with E-state index in [9.17, 15) is 24.6 Å². The molecule has 2 N–H and O–H groups in total. The van der Waals surface area contributed by atoms with Crippen molar-refractivity contribution in [3.05, 3.63) is 76.9 Å². The minimum Gasteiger partial charge on any atom is -0.507 e. The summed E-state index contributed by atoms with van der Waals surface area (Å²) in [5.74, 6) is -0.996. The quantitative estimate of drug-likeness (QED) is 0.335. The van der Waals surface area contributed by atoms with E-state index in [2.05, 4.69) is 25.7 Å². The van der Waals surface area contributed by atoms with E-state index in [1.165, 1.54) is 23.8 Å². The van der Waals surface area contributed by atoms with Gasteiger partial charge in [0, 0.05) is 11.6 Å². The number of phenols is 2. The first-order chi connectivity index (χ1) is 19.6. The second-order valence-electron chi connectivity index (χ2n) is 8.67. The molecule has 2 aromatic carbocycles. The Balaban J connectivity index is 1.92. The van der Waals surface area contributed by atoms with Crippen LogP contribution in [0.15, 0.2) is 55.9 Å². The molecular weight excluding hydrogens is 620 g/mol. The highest BCUT2D eigenvalue weighted by atomic mass is 79.9. The van der Waals surface area contributed by atoms with Gasteiger partial charge in [0.25, 0.3) is 5.56 Å². The molecule has 4 rings (SSSR count). The molecule has 0 saturated heterocycles. The summed E-state index contributed by atoms with van der Waals surface area (Å²) in [5, 5.41) is 20.2. The summed E-state index contributed by atoms with van der Waals surface area (Å²) in [4.78, 5) is 43.5. The maximum Gasteiger partial charge on any atom is 0.343 e. The Morgan fingerprint density at radius 1 is 1.10 bits per heavy atom. The SMILES string of the molecule is CCOC(=O)C1=C(C)N=c2s/c(=C\c3cc(Br)c(O)cc3O)c(=O)n2[C@H]1c1ccc(OCC(=O)OC)c(OCC)c1. The van der Waals surface area contributed by atoms with E-state index >= 15 is 0 Å². The van der Waals surface area contributed by atoms with Gasteiger partial charge in [0.05, 0.1) is 46.6 Å². The summed E-state index contributed by atoms with van der Waals surface area (Å²) in [5.41, 5.74) is 0.899. The topological polar surface area (TPSA) is 146 Å². The summed E-state index contributed by atoms with van der Waals surface area (Å²) in [6.45, 7) is 5.19. The molecule has 216 valence electrons. The molecule has 0 spiro atoms. The van der Waals surface area contributed by atoms with Gasteiger partial charge in [0.1, 0.15) is 11.5 Å². The third kappa shape index (κ3) is 6.15. The molecule has 1 aliphatic heterocycles. The number of fused-ring (bicyclic) bond motifs is 1. The zero-order valence-corrected chi connectivity index (χ0v) is 25.0. The summed E-state index contributed by atoms with van der Waals surface area (Å²) < 4.78 is 23.3. The Bertz CT molecular complexity index is 1730. The smallest absolute Gasteiger partial charge is 0.343 e. The number of ether oxygens (including phenoxy) is 4. The predicted octanol–water partition coefficient (Wildman–Crippen LogP) is 2.92. The number of carbonyl (C=O) groups excluding carboxylic acids is 2. The van der Waals surface area contributed by atoms with Crippen molar-refractivity contribution in [3.8, 4) is 23.0 Å². The molecule has 0 aliphatic carbocycles. The van der Waals surface area contributed by atoms with Gasteiger partial charge in [-0.2, -0.15) is 0 Å². The normalized spacial score (nSPS) is 14.8. The number of hydrogen-bond acceptors (Lipinski definition) is 11. The van der Waals surface area contributed by atoms with Gasteiger partial charge >= 0.3 is 11.9 Å². The van der Waals surface area contributed by atoms with Crippen molar-refractivity contribution < 1.29 is 38.7 Å². The summed E-state index contributed by atoms with van der Waals surface area (Å²) in [7, 11) is 1.25. The van der Waals surface area contributed by atoms with Gasteiger partial charge in [0.15, 0.2) is 22.9 Å². The van der Waals surface area contributed by atoms with Crippen molar-refractivity contribution in [2.75, 3.05) is 26.9 Å². The molecule has 13 heteroatoms. The van der Waals surface area contributed by atoms with E-state index in [0.717, 1.165) is 17.4 Å². The number of benzene rings is 2. The lowest BCUT2D eigenvalue weighted by Crippen LogP contribution is -2.40. The number of methoxy groups -OCH3 is 1. The van der Waals surface area contributed by atoms with Gasteiger partial charge < -0.3 is 29.2 Å². The van der Waals surface area contributed by atoms with Gasteiger partial charge in [0.2, 0.25) is 0 Å². The van der Waals surface area contributed by atoms with Crippen molar-refractivity contribution in [3.63, 3.8) is 0 Å². The minimum absolute atomic E-state index is 0.117. The lowest BCUT2D eigenvalue weighted by molar-refractivity contribution is -0.143. The summed E-state index contributed by atoms with van der Waals surface area (Å²) in [6, 6.07) is 6.61. The Kier molecular flexibility index (Phi) is 9.18. The maximum absolute atomic E-state index is 13.8. The molecule has 0 bridgehead atoms. The van der Waals surface area contributed by atoms with E-state index in [1.54, 1.807) is 39.0 Å². The zero-order chi connectivity index (χ0) is 29.8. The molecule has 3 aromatic rings. The molecule has 0 saturated carbocycles. The Morgan fingerprint density at radius 2 is 1.85 bits per heavy atom. The van der Waals surface area contributed by atoms with E-state index in [1.807, 2.05) is 0 Å². The van der Waals surface area contributed by atoms with Crippen molar-refractivity contribution in [2.24, 2.45) is 4.99 Å². The van der Waals surface area contributed by atoms with E-state index in [-0.39, 0.29) is 47.2 Å². The number of allylic oxidation sites excluding steroid dienone is 1. The van der Waals surface area contributed by atoms with Crippen LogP contribution in [0, 0.1) is 0 Å². The number of aromatic hydroxyl groups is 2. The van der Waals surface area contributed by atoms with Crippen LogP contribution in [0.5, 0.6) is 23.0 Å². The Hall–Kier alpha value is -4.10. The van der Waals surface area contributed by atoms with E-state index in [0.29, 0.717) is 31.8 Å². The van der Waals surface area contributed by atoms with Crippen LogP contribution in [0.2, 0.25) is 0 Å². The highest BCUT2D eigenvalue weighted by Gasteiger charge is 2.34. The summed E-state index contributed by atoms with van der Waals surface area (Å²) >= 11 is 4.30. The predicted molar refractivity (Wildman–Crippen MR) is 153 cm³/mol. The molecule has 0 amide bonds. The fraction of sp³-hybridized carbons (Fsp3) is 0.286. The average Bonchev–Trinajstić information content (AvgIpc) is 3.24. The van der Waals surface area contributed by atoms with Crippen LogP contribution in [0.25, 0.3) is 6.08 Å². The van der Waals surface area contributed by atoms with Gasteiger partial charge in [-0.1, -0.05) is 17.4 Å². The van der Waals surface area contributed by atoms with Crippen molar-refractivity contribution in [2.45, 2.75) is 26.8 Å². The lowest BCUT2D eigenvalue weighted by atomic mass is 9.95. The fourth-order valence-electron chi connectivity index (χ4n) is 4.21. The third-order valence-electron chi connectivity index (χ3n) is 6.06. The second-order valence-corrected chi connectivity index (χ2v) is 10.5. The molecule has 0 fully saturated rings. The first kappa shape index (κ1) is 29.9. The van der Waals surface area contributed by atoms with Crippen LogP contribution in [-0.2, 0) is 19.1 Å². The summed E-state index contributed by atoms with van der Waals surface area (Å²) in [6.07, 6.45) is 1.49. The van der Waals surface area contributed by atoms with Crippen LogP contribution in [0.3, 0.4) is 0 Å². The standard InChI is InChI=1S/C28H27BrN2O9S/c1-5-38-21-10-15(7-8-20(21)40-13-23(34)37-4)25-24(27(36)39-6-2)14(3)30-28-31(25)26(35)22(41-28)11-16-9-17(29)19(33)12-18(16)32/h7-12,25,32-33H,5-6,13H2,1-4H3/b22-11-/t25-/m0/s1. The van der Waals surface area contributed by atoms with Gasteiger partial charge in [-0.25, -0.2) is 14.6 Å². The van der Waals surface area contributed by atoms with Gasteiger partial charge in [-0.3, -0.25) is 9.36 Å². The monoisotopic (exact) mass is 646 g/mol. The number of thiazole rings is 1. The highest BCUT2D eigenvalue weighted by Crippen LogP contribution is 2.37. The first-order valence-electron chi connectivity index (χ1n) is 12.5. The number of rotatable bonds is 9. The van der Waals surface area contributed by atoms with Crippen LogP contribution < -0.4 is 24.4 Å². The van der Waals surface area contributed by atoms with E-state index in [4.69, 9.17) is 14.2 Å². The number of hydrogen-bond donors (Lipinski definition) is 2. The minimum atomic E-state index is -0.929. The van der Waals surface area contributed by atoms with Crippen molar-refractivity contribution in [1.29, 1.82) is 0 Å². The number of carbonyl (C=O) groups is 2. The lowest BCUT2D eigenvalue weighted by Gasteiger charge is -2.25. The fourth-order valence-corrected chi connectivity index (χ4v) is 5.61. The molecule has 1 aromatic heterocycles. The molecular formula is C28H27BrN2O9S. The van der Waals surface area contributed by atoms with Gasteiger partial charge in [-0.05, 0) is 66.5 Å². The molecule has 1 atom stereocenters. The van der Waals surface area contributed by atoms with Crippen LogP contribution in [-0.4, -0.2) is 53.6 Å². The van der Waals surface area contributed by atoms with E-state index < -0.39 is 23.5 Å². The van der Waals surface area contributed by atoms with Crippen molar-refractivity contribution in [1.82, 2.24) is 4.57 Å². The Morgan fingerprint density at radius 3 is 2.54 bits per heavy atom. The van der Waals surface area contributed by atoms with Crippen LogP contribution in [0.4, 0.5) is 0 Å². The molecule has 1 aliphatic rings. The molecule has 0 unspecified atom stereocenters. The zero-order valence-electron chi connectivity index (χ0n) is 22.6. The molecule has 11 nitrogen and oxygen atoms in total. The number of aromatic nitrogens is 1. The van der Waals surface area contributed by atoms with Crippen LogP contribution in [0.1, 0.15) is 37.9 Å². The molecule has 2 heterocycles. The second kappa shape index (κ2) is 12.6. The van der Waals surface area contributed by atoms with Crippen molar-refractivity contribution >= 4 is 45.3 Å². The number of phenolic OH excluding ortho intramolecular Hbond substituents is 2. The highest BCUT2D eigenvalue weighted by molar-refractivity contribution is 9.10. The largest absolute Gasteiger partial charge is 0.507 e. The maximum atomic E-state index is 13.8. The third-order valence-corrected chi connectivity index (χ3v) is 7.67. The number of nitrogens with zero attached hydrogens (tertiary/aromatic N) is 2. The molecule has 41 heavy (non-hydrogen) atoms. The number of esters is 2. The number of halogens is 1. The van der Waals surface area contributed by atoms with Gasteiger partial charge in [-0.15, -0.1) is 0 Å². The van der Waals surface area contributed by atoms with Crippen LogP contribution >= 0.6 is 27.3 Å². The Labute approximate surface area is 246 Å². The average molecular weight is 648 g/mol. The molecule has 0 radical (unpaired) electrons. The first-order valence-corrected chi connectivity index (χ1v) is 14.1.